The largest absolute Gasteiger partial charge is 0.345 e. The zero-order valence-electron chi connectivity index (χ0n) is 14.9. The van der Waals surface area contributed by atoms with Crippen molar-refractivity contribution in [3.63, 3.8) is 0 Å². The molecule has 0 bridgehead atoms. The summed E-state index contributed by atoms with van der Waals surface area (Å²) in [6.45, 7) is 2.39. The molecular formula is C20H29ClN2O. The molecule has 0 unspecified atom stereocenters. The third-order valence-electron chi connectivity index (χ3n) is 6.02. The molecule has 132 valence electrons. The van der Waals surface area contributed by atoms with Crippen molar-refractivity contribution in [3.8, 4) is 0 Å². The van der Waals surface area contributed by atoms with Crippen LogP contribution in [-0.2, 0) is 6.42 Å². The first-order valence-corrected chi connectivity index (χ1v) is 9.58. The highest BCUT2D eigenvalue weighted by atomic mass is 35.5. The third-order valence-corrected chi connectivity index (χ3v) is 6.34. The Bertz CT molecular complexity index is 583. The minimum absolute atomic E-state index is 0.0305. The predicted octanol–water partition coefficient (Wildman–Crippen LogP) is 4.14. The molecule has 2 aliphatic rings. The molecule has 1 heterocycles. The minimum atomic E-state index is -0.0305. The van der Waals surface area contributed by atoms with E-state index in [0.717, 1.165) is 12.3 Å². The monoisotopic (exact) mass is 348 g/mol. The van der Waals surface area contributed by atoms with E-state index in [9.17, 15) is 4.79 Å². The first kappa shape index (κ1) is 17.8. The smallest absolute Gasteiger partial charge is 0.254 e. The zero-order valence-corrected chi connectivity index (χ0v) is 15.7. The summed E-state index contributed by atoms with van der Waals surface area (Å²) >= 11 is 6.35. The van der Waals surface area contributed by atoms with Crippen LogP contribution in [0.5, 0.6) is 0 Å². The third kappa shape index (κ3) is 3.94. The fourth-order valence-electron chi connectivity index (χ4n) is 4.38. The van der Waals surface area contributed by atoms with Gasteiger partial charge in [-0.15, -0.1) is 0 Å². The van der Waals surface area contributed by atoms with E-state index < -0.39 is 0 Å². The van der Waals surface area contributed by atoms with Gasteiger partial charge in [-0.25, -0.2) is 0 Å². The second-order valence-corrected chi connectivity index (χ2v) is 8.32. The van der Waals surface area contributed by atoms with Gasteiger partial charge in [0.2, 0.25) is 0 Å². The molecule has 1 amide bonds. The number of rotatable bonds is 3. The van der Waals surface area contributed by atoms with Crippen LogP contribution in [-0.4, -0.2) is 38.0 Å². The number of carbonyl (C=O) groups is 1. The van der Waals surface area contributed by atoms with Crippen molar-refractivity contribution in [1.29, 1.82) is 0 Å². The number of hydrogen-bond donors (Lipinski definition) is 1. The van der Waals surface area contributed by atoms with Gasteiger partial charge in [0.25, 0.3) is 5.91 Å². The van der Waals surface area contributed by atoms with Gasteiger partial charge in [-0.2, -0.15) is 0 Å². The molecule has 2 fully saturated rings. The Morgan fingerprint density at radius 3 is 2.46 bits per heavy atom. The van der Waals surface area contributed by atoms with Crippen LogP contribution in [0.3, 0.4) is 0 Å². The average molecular weight is 349 g/mol. The molecule has 1 spiro atoms. The first-order chi connectivity index (χ1) is 11.5. The maximum atomic E-state index is 12.1. The molecule has 3 rings (SSSR count). The fraction of sp³-hybridized carbons (Fsp3) is 0.650. The van der Waals surface area contributed by atoms with Gasteiger partial charge in [0, 0.05) is 14.1 Å². The Hall–Kier alpha value is -1.06. The molecule has 4 heteroatoms. The molecule has 1 aromatic carbocycles. The van der Waals surface area contributed by atoms with Gasteiger partial charge in [-0.3, -0.25) is 4.79 Å². The van der Waals surface area contributed by atoms with Gasteiger partial charge >= 0.3 is 0 Å². The molecule has 24 heavy (non-hydrogen) atoms. The normalized spacial score (nSPS) is 21.0. The summed E-state index contributed by atoms with van der Waals surface area (Å²) in [5, 5.41) is 4.07. The molecule has 1 aliphatic heterocycles. The van der Waals surface area contributed by atoms with Gasteiger partial charge in [0.1, 0.15) is 0 Å². The van der Waals surface area contributed by atoms with Gasteiger partial charge in [-0.05, 0) is 87.1 Å². The number of piperidine rings is 1. The van der Waals surface area contributed by atoms with Gasteiger partial charge in [0.05, 0.1) is 10.6 Å². The first-order valence-electron chi connectivity index (χ1n) is 9.20. The molecule has 1 aliphatic carbocycles. The number of benzene rings is 1. The summed E-state index contributed by atoms with van der Waals surface area (Å²) < 4.78 is 0. The van der Waals surface area contributed by atoms with Gasteiger partial charge < -0.3 is 10.2 Å². The Balaban J connectivity index is 1.59. The van der Waals surface area contributed by atoms with Crippen molar-refractivity contribution in [3.05, 3.63) is 34.3 Å². The summed E-state index contributed by atoms with van der Waals surface area (Å²) in [7, 11) is 3.51. The number of hydrogen-bond acceptors (Lipinski definition) is 2. The summed E-state index contributed by atoms with van der Waals surface area (Å²) in [6.07, 6.45) is 9.21. The predicted molar refractivity (Wildman–Crippen MR) is 99.7 cm³/mol. The second kappa shape index (κ2) is 7.45. The Morgan fingerprint density at radius 1 is 1.21 bits per heavy atom. The Morgan fingerprint density at radius 2 is 1.88 bits per heavy atom. The lowest BCUT2D eigenvalue weighted by atomic mass is 9.65. The quantitative estimate of drug-likeness (QED) is 0.890. The maximum absolute atomic E-state index is 12.1. The molecule has 3 nitrogen and oxygen atoms in total. The lowest BCUT2D eigenvalue weighted by molar-refractivity contribution is 0.0827. The summed E-state index contributed by atoms with van der Waals surface area (Å²) in [4.78, 5) is 13.6. The molecule has 0 atom stereocenters. The standard InChI is InChI=1S/C20H29ClN2O/c1-23(2)19(24)17-4-3-16(14-18(17)21)13-15-5-7-20(8-6-15)9-11-22-12-10-20/h3-4,14-15,22H,5-13H2,1-2H3. The van der Waals surface area contributed by atoms with Crippen LogP contribution in [0.1, 0.15) is 54.4 Å². The van der Waals surface area contributed by atoms with E-state index in [1.807, 2.05) is 12.1 Å². The van der Waals surface area contributed by atoms with E-state index in [4.69, 9.17) is 11.6 Å². The summed E-state index contributed by atoms with van der Waals surface area (Å²) in [5.74, 6) is 0.731. The molecule has 0 aromatic heterocycles. The van der Waals surface area contributed by atoms with Crippen LogP contribution in [0.4, 0.5) is 0 Å². The van der Waals surface area contributed by atoms with Crippen LogP contribution in [0.25, 0.3) is 0 Å². The zero-order chi connectivity index (χ0) is 17.2. The van der Waals surface area contributed by atoms with Gasteiger partial charge in [-0.1, -0.05) is 17.7 Å². The van der Waals surface area contributed by atoms with Crippen LogP contribution in [0, 0.1) is 11.3 Å². The van der Waals surface area contributed by atoms with E-state index in [-0.39, 0.29) is 5.91 Å². The number of amides is 1. The SMILES string of the molecule is CN(C)C(=O)c1ccc(CC2CCC3(CCNCC3)CC2)cc1Cl. The highest BCUT2D eigenvalue weighted by molar-refractivity contribution is 6.33. The van der Waals surface area contributed by atoms with Crippen molar-refractivity contribution < 1.29 is 4.79 Å². The van der Waals surface area contributed by atoms with E-state index in [0.29, 0.717) is 16.0 Å². The van der Waals surface area contributed by atoms with Crippen LogP contribution >= 0.6 is 11.6 Å². The summed E-state index contributed by atoms with van der Waals surface area (Å²) in [5.41, 5.74) is 2.49. The molecule has 1 aromatic rings. The summed E-state index contributed by atoms with van der Waals surface area (Å²) in [6, 6.07) is 5.96. The second-order valence-electron chi connectivity index (χ2n) is 7.91. The van der Waals surface area contributed by atoms with E-state index >= 15 is 0 Å². The van der Waals surface area contributed by atoms with Crippen LogP contribution < -0.4 is 5.32 Å². The number of halogens is 1. The van der Waals surface area contributed by atoms with E-state index in [1.165, 1.54) is 57.2 Å². The Kier molecular flexibility index (Phi) is 5.51. The Labute approximate surface area is 150 Å². The van der Waals surface area contributed by atoms with Gasteiger partial charge in [0.15, 0.2) is 0 Å². The molecular weight excluding hydrogens is 320 g/mol. The number of nitrogens with zero attached hydrogens (tertiary/aromatic N) is 1. The van der Waals surface area contributed by atoms with Crippen LogP contribution in [0.2, 0.25) is 5.02 Å². The fourth-order valence-corrected chi connectivity index (χ4v) is 4.67. The molecule has 0 radical (unpaired) electrons. The minimum Gasteiger partial charge on any atom is -0.345 e. The average Bonchev–Trinajstić information content (AvgIpc) is 2.57. The van der Waals surface area contributed by atoms with Crippen molar-refractivity contribution in [2.75, 3.05) is 27.2 Å². The molecule has 1 N–H and O–H groups in total. The van der Waals surface area contributed by atoms with Crippen molar-refractivity contribution >= 4 is 17.5 Å². The van der Waals surface area contributed by atoms with Crippen molar-refractivity contribution in [2.24, 2.45) is 11.3 Å². The molecule has 1 saturated heterocycles. The lowest BCUT2D eigenvalue weighted by Crippen LogP contribution is -2.39. The van der Waals surface area contributed by atoms with Crippen molar-refractivity contribution in [1.82, 2.24) is 10.2 Å². The lowest BCUT2D eigenvalue weighted by Gasteiger charge is -2.43. The number of carbonyl (C=O) groups excluding carboxylic acids is 1. The van der Waals surface area contributed by atoms with Crippen LogP contribution in [0.15, 0.2) is 18.2 Å². The van der Waals surface area contributed by atoms with E-state index in [1.54, 1.807) is 19.0 Å². The van der Waals surface area contributed by atoms with Crippen molar-refractivity contribution in [2.45, 2.75) is 44.9 Å². The highest BCUT2D eigenvalue weighted by Gasteiger charge is 2.36. The highest BCUT2D eigenvalue weighted by Crippen LogP contribution is 2.45. The maximum Gasteiger partial charge on any atom is 0.254 e. The molecule has 1 saturated carbocycles. The van der Waals surface area contributed by atoms with E-state index in [2.05, 4.69) is 11.4 Å². The topological polar surface area (TPSA) is 32.3 Å². The number of nitrogens with one attached hydrogen (secondary N) is 1.